The Morgan fingerprint density at radius 3 is 2.88 bits per heavy atom. The number of nitrogens with two attached hydrogens (primary N) is 2. The quantitative estimate of drug-likeness (QED) is 0.451. The maximum Gasteiger partial charge on any atom is 0.198 e. The summed E-state index contributed by atoms with van der Waals surface area (Å²) in [4.78, 5) is 7.77. The van der Waals surface area contributed by atoms with Crippen LogP contribution in [0.5, 0.6) is 5.75 Å². The first-order chi connectivity index (χ1) is 7.63. The lowest BCUT2D eigenvalue weighted by atomic mass is 10.4. The SMILES string of the molecule is COCCOc1cc(Cl)cnc1N=C(N)N. The largest absolute Gasteiger partial charge is 0.487 e. The summed E-state index contributed by atoms with van der Waals surface area (Å²) in [5.74, 6) is 0.616. The van der Waals surface area contributed by atoms with Crippen LogP contribution < -0.4 is 16.2 Å². The Hall–Kier alpha value is -1.53. The van der Waals surface area contributed by atoms with Gasteiger partial charge >= 0.3 is 0 Å². The zero-order chi connectivity index (χ0) is 12.0. The number of methoxy groups -OCH3 is 1. The van der Waals surface area contributed by atoms with Gasteiger partial charge in [0.25, 0.3) is 0 Å². The minimum atomic E-state index is -0.0913. The fourth-order valence-corrected chi connectivity index (χ4v) is 1.11. The summed E-state index contributed by atoms with van der Waals surface area (Å²) >= 11 is 5.78. The Bertz CT molecular complexity index is 380. The predicted molar refractivity (Wildman–Crippen MR) is 62.1 cm³/mol. The number of nitrogens with zero attached hydrogens (tertiary/aromatic N) is 2. The molecule has 0 aliphatic heterocycles. The van der Waals surface area contributed by atoms with Crippen molar-refractivity contribution in [1.82, 2.24) is 4.98 Å². The van der Waals surface area contributed by atoms with Crippen molar-refractivity contribution in [1.29, 1.82) is 0 Å². The van der Waals surface area contributed by atoms with E-state index in [1.807, 2.05) is 0 Å². The standard InChI is InChI=1S/C9H13ClN4O2/c1-15-2-3-16-7-4-6(10)5-13-8(7)14-9(11)12/h4-5H,2-3H2,1H3,(H4,11,12,13,14). The monoisotopic (exact) mass is 244 g/mol. The molecule has 1 aromatic rings. The maximum atomic E-state index is 5.78. The Morgan fingerprint density at radius 2 is 2.25 bits per heavy atom. The lowest BCUT2D eigenvalue weighted by Crippen LogP contribution is -2.22. The third-order valence-electron chi connectivity index (χ3n) is 1.58. The highest BCUT2D eigenvalue weighted by atomic mass is 35.5. The van der Waals surface area contributed by atoms with Gasteiger partial charge in [0.15, 0.2) is 17.5 Å². The van der Waals surface area contributed by atoms with Gasteiger partial charge in [-0.15, -0.1) is 0 Å². The molecule has 0 bridgehead atoms. The molecule has 7 heteroatoms. The third-order valence-corrected chi connectivity index (χ3v) is 1.79. The number of halogens is 1. The minimum Gasteiger partial charge on any atom is -0.487 e. The number of ether oxygens (including phenoxy) is 2. The summed E-state index contributed by atoms with van der Waals surface area (Å²) in [7, 11) is 1.58. The van der Waals surface area contributed by atoms with E-state index in [1.165, 1.54) is 6.20 Å². The van der Waals surface area contributed by atoms with Crippen molar-refractivity contribution in [2.45, 2.75) is 0 Å². The molecule has 0 saturated heterocycles. The van der Waals surface area contributed by atoms with E-state index in [1.54, 1.807) is 13.2 Å². The van der Waals surface area contributed by atoms with Gasteiger partial charge in [0, 0.05) is 19.4 Å². The van der Waals surface area contributed by atoms with Crippen LogP contribution in [0, 0.1) is 0 Å². The van der Waals surface area contributed by atoms with Gasteiger partial charge in [0.2, 0.25) is 0 Å². The average molecular weight is 245 g/mol. The van der Waals surface area contributed by atoms with Gasteiger partial charge in [0.05, 0.1) is 11.6 Å². The number of hydrogen-bond acceptors (Lipinski definition) is 4. The number of guanidine groups is 1. The fraction of sp³-hybridized carbons (Fsp3) is 0.333. The molecule has 6 nitrogen and oxygen atoms in total. The molecule has 0 atom stereocenters. The van der Waals surface area contributed by atoms with Crippen molar-refractivity contribution < 1.29 is 9.47 Å². The van der Waals surface area contributed by atoms with Crippen molar-refractivity contribution >= 4 is 23.4 Å². The molecule has 0 aromatic carbocycles. The van der Waals surface area contributed by atoms with Gasteiger partial charge in [-0.2, -0.15) is 4.99 Å². The minimum absolute atomic E-state index is 0.0913. The highest BCUT2D eigenvalue weighted by Gasteiger charge is 2.05. The first-order valence-corrected chi connectivity index (χ1v) is 4.88. The first-order valence-electron chi connectivity index (χ1n) is 4.50. The fourth-order valence-electron chi connectivity index (χ4n) is 0.961. The maximum absolute atomic E-state index is 5.78. The lowest BCUT2D eigenvalue weighted by Gasteiger charge is -2.07. The Balaban J connectivity index is 2.85. The normalized spacial score (nSPS) is 9.88. The third kappa shape index (κ3) is 3.92. The number of hydrogen-bond donors (Lipinski definition) is 2. The van der Waals surface area contributed by atoms with E-state index in [0.29, 0.717) is 29.8 Å². The molecular weight excluding hydrogens is 232 g/mol. The van der Waals surface area contributed by atoms with Gasteiger partial charge in [-0.05, 0) is 0 Å². The van der Waals surface area contributed by atoms with Gasteiger partial charge < -0.3 is 20.9 Å². The number of aromatic nitrogens is 1. The smallest absolute Gasteiger partial charge is 0.198 e. The molecule has 1 rings (SSSR count). The number of aliphatic imine (C=N–C) groups is 1. The average Bonchev–Trinajstić information content (AvgIpc) is 2.22. The van der Waals surface area contributed by atoms with Crippen LogP contribution in [0.1, 0.15) is 0 Å². The number of pyridine rings is 1. The lowest BCUT2D eigenvalue weighted by molar-refractivity contribution is 0.146. The molecule has 0 fully saturated rings. The molecule has 0 aliphatic rings. The van der Waals surface area contributed by atoms with Crippen molar-refractivity contribution in [3.63, 3.8) is 0 Å². The van der Waals surface area contributed by atoms with E-state index < -0.39 is 0 Å². The molecule has 0 amide bonds. The molecule has 0 saturated carbocycles. The summed E-state index contributed by atoms with van der Waals surface area (Å²) in [6.45, 7) is 0.819. The molecule has 0 radical (unpaired) electrons. The molecule has 0 spiro atoms. The topological polar surface area (TPSA) is 95.8 Å². The van der Waals surface area contributed by atoms with E-state index in [4.69, 9.17) is 32.5 Å². The Labute approximate surface area is 98.2 Å². The Morgan fingerprint density at radius 1 is 1.50 bits per heavy atom. The van der Waals surface area contributed by atoms with E-state index >= 15 is 0 Å². The second-order valence-corrected chi connectivity index (χ2v) is 3.29. The van der Waals surface area contributed by atoms with Crippen molar-refractivity contribution in [3.8, 4) is 5.75 Å². The molecule has 1 aromatic heterocycles. The van der Waals surface area contributed by atoms with Crippen LogP contribution in [0.25, 0.3) is 0 Å². The molecule has 0 aliphatic carbocycles. The molecular formula is C9H13ClN4O2. The van der Waals surface area contributed by atoms with Crippen LogP contribution in [0.3, 0.4) is 0 Å². The highest BCUT2D eigenvalue weighted by molar-refractivity contribution is 6.30. The van der Waals surface area contributed by atoms with Crippen LogP contribution in [0.4, 0.5) is 5.82 Å². The van der Waals surface area contributed by atoms with E-state index in [-0.39, 0.29) is 5.96 Å². The van der Waals surface area contributed by atoms with E-state index in [9.17, 15) is 0 Å². The van der Waals surface area contributed by atoms with Gasteiger partial charge in [0.1, 0.15) is 6.61 Å². The van der Waals surface area contributed by atoms with Crippen molar-refractivity contribution in [3.05, 3.63) is 17.3 Å². The summed E-state index contributed by atoms with van der Waals surface area (Å²) < 4.78 is 10.2. The van der Waals surface area contributed by atoms with Crippen LogP contribution >= 0.6 is 11.6 Å². The van der Waals surface area contributed by atoms with Gasteiger partial charge in [-0.1, -0.05) is 11.6 Å². The second kappa shape index (κ2) is 6.14. The van der Waals surface area contributed by atoms with Gasteiger partial charge in [-0.25, -0.2) is 4.98 Å². The molecule has 0 unspecified atom stereocenters. The zero-order valence-corrected chi connectivity index (χ0v) is 9.57. The van der Waals surface area contributed by atoms with Gasteiger partial charge in [-0.3, -0.25) is 0 Å². The number of rotatable bonds is 5. The summed E-state index contributed by atoms with van der Waals surface area (Å²) in [6.07, 6.45) is 1.44. The van der Waals surface area contributed by atoms with Crippen LogP contribution in [-0.2, 0) is 4.74 Å². The summed E-state index contributed by atoms with van der Waals surface area (Å²) in [6, 6.07) is 1.59. The first kappa shape index (κ1) is 12.5. The predicted octanol–water partition coefficient (Wildman–Crippen LogP) is 0.665. The van der Waals surface area contributed by atoms with E-state index in [0.717, 1.165) is 0 Å². The van der Waals surface area contributed by atoms with Crippen molar-refractivity contribution in [2.75, 3.05) is 20.3 Å². The van der Waals surface area contributed by atoms with Crippen LogP contribution in [0.15, 0.2) is 17.3 Å². The second-order valence-electron chi connectivity index (χ2n) is 2.85. The highest BCUT2D eigenvalue weighted by Crippen LogP contribution is 2.27. The molecule has 16 heavy (non-hydrogen) atoms. The van der Waals surface area contributed by atoms with Crippen LogP contribution in [-0.4, -0.2) is 31.3 Å². The molecule has 88 valence electrons. The van der Waals surface area contributed by atoms with E-state index in [2.05, 4.69) is 9.98 Å². The summed E-state index contributed by atoms with van der Waals surface area (Å²) in [5.41, 5.74) is 10.5. The van der Waals surface area contributed by atoms with Crippen LogP contribution in [0.2, 0.25) is 5.02 Å². The molecule has 1 heterocycles. The Kier molecular flexibility index (Phi) is 4.81. The van der Waals surface area contributed by atoms with Crippen molar-refractivity contribution in [2.24, 2.45) is 16.5 Å². The zero-order valence-electron chi connectivity index (χ0n) is 8.81. The summed E-state index contributed by atoms with van der Waals surface area (Å²) in [5, 5.41) is 0.446. The molecule has 4 N–H and O–H groups in total.